The Hall–Kier alpha value is -3.98. The van der Waals surface area contributed by atoms with Crippen molar-refractivity contribution in [3.05, 3.63) is 88.6 Å². The molecular weight excluding hydrogens is 464 g/mol. The first-order valence-electron chi connectivity index (χ1n) is 11.5. The van der Waals surface area contributed by atoms with Gasteiger partial charge in [0.05, 0.1) is 16.3 Å². The lowest BCUT2D eigenvalue weighted by atomic mass is 9.79. The third-order valence-electron chi connectivity index (χ3n) is 6.90. The second kappa shape index (κ2) is 8.03. The van der Waals surface area contributed by atoms with Gasteiger partial charge >= 0.3 is 0 Å². The van der Waals surface area contributed by atoms with E-state index in [9.17, 15) is 18.4 Å². The Kier molecular flexibility index (Phi) is 5.29. The van der Waals surface area contributed by atoms with Crippen molar-refractivity contribution in [3.8, 4) is 17.3 Å². The molecule has 0 amide bonds. The maximum absolute atomic E-state index is 15.4. The summed E-state index contributed by atoms with van der Waals surface area (Å²) in [4.78, 5) is 0. The highest BCUT2D eigenvalue weighted by Crippen LogP contribution is 2.42. The number of rotatable bonds is 1. The zero-order valence-electron chi connectivity index (χ0n) is 20.5. The molecule has 0 saturated carbocycles. The third kappa shape index (κ3) is 3.34. The number of pyridine rings is 1. The van der Waals surface area contributed by atoms with Crippen LogP contribution in [0.15, 0.2) is 48.7 Å². The minimum absolute atomic E-state index is 0.164. The van der Waals surface area contributed by atoms with Crippen molar-refractivity contribution in [1.82, 2.24) is 0 Å². The first kappa shape index (κ1) is 23.7. The van der Waals surface area contributed by atoms with Gasteiger partial charge in [-0.25, -0.2) is 17.6 Å². The van der Waals surface area contributed by atoms with Crippen LogP contribution < -0.4 is 4.57 Å². The molecule has 1 heterocycles. The molecule has 5 rings (SSSR count). The largest absolute Gasteiger partial charge is 0.223 e. The van der Waals surface area contributed by atoms with E-state index in [1.165, 1.54) is 10.8 Å². The van der Waals surface area contributed by atoms with Crippen molar-refractivity contribution in [2.45, 2.75) is 33.1 Å². The molecule has 6 heteroatoms. The average molecular weight is 488 g/mol. The molecule has 0 aliphatic carbocycles. The van der Waals surface area contributed by atoms with Crippen molar-refractivity contribution in [1.29, 1.82) is 5.26 Å². The highest BCUT2D eigenvalue weighted by Gasteiger charge is 2.32. The van der Waals surface area contributed by atoms with Crippen molar-refractivity contribution < 1.29 is 22.1 Å². The summed E-state index contributed by atoms with van der Waals surface area (Å²) in [6.07, 6.45) is 1.32. The Balaban J connectivity index is 2.04. The Morgan fingerprint density at radius 3 is 1.92 bits per heavy atom. The summed E-state index contributed by atoms with van der Waals surface area (Å²) in [7, 11) is 1.58. The van der Waals surface area contributed by atoms with E-state index in [1.54, 1.807) is 13.1 Å². The van der Waals surface area contributed by atoms with E-state index in [4.69, 9.17) is 0 Å². The minimum Gasteiger partial charge on any atom is -0.203 e. The normalized spacial score (nSPS) is 12.0. The molecular formula is C30H23F4N2+. The SMILES string of the molecule is Cc1c(-c2c3c(F)c(F)c(F)c(F)c3c(C#N)c[n+]2C)cc(C(C)(C)C)c2cc3ccccc3cc12. The zero-order valence-corrected chi connectivity index (χ0v) is 20.5. The number of aryl methyl sites for hydroxylation is 2. The van der Waals surface area contributed by atoms with Gasteiger partial charge in [-0.2, -0.15) is 9.83 Å². The summed E-state index contributed by atoms with van der Waals surface area (Å²) < 4.78 is 60.5. The van der Waals surface area contributed by atoms with Crippen molar-refractivity contribution >= 4 is 32.3 Å². The Labute approximate surface area is 206 Å². The van der Waals surface area contributed by atoms with Gasteiger partial charge in [0, 0.05) is 0 Å². The number of benzene rings is 4. The van der Waals surface area contributed by atoms with Crippen molar-refractivity contribution in [2.75, 3.05) is 0 Å². The highest BCUT2D eigenvalue weighted by molar-refractivity contribution is 6.06. The van der Waals surface area contributed by atoms with Crippen LogP contribution in [0.5, 0.6) is 0 Å². The monoisotopic (exact) mass is 487 g/mol. The summed E-state index contributed by atoms with van der Waals surface area (Å²) in [5.74, 6) is -6.95. The van der Waals surface area contributed by atoms with Gasteiger partial charge in [-0.05, 0) is 63.2 Å². The van der Waals surface area contributed by atoms with Crippen LogP contribution in [0.4, 0.5) is 17.6 Å². The first-order chi connectivity index (χ1) is 17.0. The molecule has 1 aromatic heterocycles. The number of hydrogen-bond acceptors (Lipinski definition) is 1. The molecule has 180 valence electrons. The van der Waals surface area contributed by atoms with E-state index in [2.05, 4.69) is 32.9 Å². The summed E-state index contributed by atoms with van der Waals surface area (Å²) in [6.45, 7) is 8.05. The molecule has 0 spiro atoms. The molecule has 4 aromatic carbocycles. The number of nitrogens with zero attached hydrogens (tertiary/aromatic N) is 2. The van der Waals surface area contributed by atoms with E-state index in [0.717, 1.165) is 32.7 Å². The van der Waals surface area contributed by atoms with Gasteiger partial charge in [-0.15, -0.1) is 0 Å². The van der Waals surface area contributed by atoms with Crippen LogP contribution in [-0.4, -0.2) is 0 Å². The summed E-state index contributed by atoms with van der Waals surface area (Å²) in [6, 6.07) is 15.8. The van der Waals surface area contributed by atoms with E-state index in [-0.39, 0.29) is 16.7 Å². The van der Waals surface area contributed by atoms with Crippen LogP contribution in [0.1, 0.15) is 37.5 Å². The van der Waals surface area contributed by atoms with E-state index < -0.39 is 34.0 Å². The molecule has 0 bridgehead atoms. The lowest BCUT2D eigenvalue weighted by Crippen LogP contribution is -2.32. The lowest BCUT2D eigenvalue weighted by Gasteiger charge is -2.24. The summed E-state index contributed by atoms with van der Waals surface area (Å²) >= 11 is 0. The fraction of sp³-hybridized carbons (Fsp3) is 0.200. The van der Waals surface area contributed by atoms with Gasteiger partial charge in [0.1, 0.15) is 18.7 Å². The molecule has 0 aliphatic rings. The van der Waals surface area contributed by atoms with Gasteiger partial charge in [0.2, 0.25) is 5.69 Å². The second-order valence-corrected chi connectivity index (χ2v) is 10.2. The molecule has 0 radical (unpaired) electrons. The Morgan fingerprint density at radius 1 is 0.806 bits per heavy atom. The number of hydrogen-bond donors (Lipinski definition) is 0. The quantitative estimate of drug-likeness (QED) is 0.0784. The van der Waals surface area contributed by atoms with Gasteiger partial charge in [-0.1, -0.05) is 45.0 Å². The summed E-state index contributed by atoms with van der Waals surface area (Å²) in [5, 5.41) is 12.6. The van der Waals surface area contributed by atoms with Crippen molar-refractivity contribution in [3.63, 3.8) is 0 Å². The van der Waals surface area contributed by atoms with Crippen LogP contribution >= 0.6 is 0 Å². The van der Waals surface area contributed by atoms with E-state index in [1.807, 2.05) is 37.3 Å². The fourth-order valence-corrected chi connectivity index (χ4v) is 5.13. The average Bonchev–Trinajstić information content (AvgIpc) is 2.84. The van der Waals surface area contributed by atoms with Crippen LogP contribution in [0.3, 0.4) is 0 Å². The maximum atomic E-state index is 15.4. The summed E-state index contributed by atoms with van der Waals surface area (Å²) in [5.41, 5.74) is 1.83. The fourth-order valence-electron chi connectivity index (χ4n) is 5.13. The molecule has 0 fully saturated rings. The predicted molar refractivity (Wildman–Crippen MR) is 134 cm³/mol. The van der Waals surface area contributed by atoms with Gasteiger partial charge in [0.25, 0.3) is 0 Å². The molecule has 5 aromatic rings. The van der Waals surface area contributed by atoms with Crippen LogP contribution in [0, 0.1) is 41.5 Å². The predicted octanol–water partition coefficient (Wildman–Crippen LogP) is 7.67. The smallest absolute Gasteiger partial charge is 0.203 e. The van der Waals surface area contributed by atoms with E-state index >= 15 is 4.39 Å². The third-order valence-corrected chi connectivity index (χ3v) is 6.90. The Morgan fingerprint density at radius 2 is 1.36 bits per heavy atom. The molecule has 0 unspecified atom stereocenters. The minimum atomic E-state index is -1.94. The molecule has 0 saturated heterocycles. The molecule has 2 nitrogen and oxygen atoms in total. The second-order valence-electron chi connectivity index (χ2n) is 10.2. The first-order valence-corrected chi connectivity index (χ1v) is 11.5. The van der Waals surface area contributed by atoms with Crippen molar-refractivity contribution in [2.24, 2.45) is 7.05 Å². The number of aromatic nitrogens is 1. The molecule has 0 N–H and O–H groups in total. The Bertz CT molecular complexity index is 1790. The maximum Gasteiger partial charge on any atom is 0.223 e. The van der Waals surface area contributed by atoms with Gasteiger partial charge in [0.15, 0.2) is 29.5 Å². The lowest BCUT2D eigenvalue weighted by molar-refractivity contribution is -0.659. The topological polar surface area (TPSA) is 27.7 Å². The van der Waals surface area contributed by atoms with Gasteiger partial charge < -0.3 is 0 Å². The number of halogens is 4. The van der Waals surface area contributed by atoms with Crippen LogP contribution in [0.25, 0.3) is 43.6 Å². The standard InChI is InChI=1S/C30H23F4N2/c1-15-19-10-16-8-6-7-9-17(16)11-21(19)22(30(2,3)4)12-20(15)29-24-23(18(13-35)14-36(29)5)25(31)27(33)28(34)26(24)32/h6-12,14H,1-5H3/q+1. The highest BCUT2D eigenvalue weighted by atomic mass is 19.2. The molecule has 36 heavy (non-hydrogen) atoms. The van der Waals surface area contributed by atoms with Gasteiger partial charge in [-0.3, -0.25) is 0 Å². The number of nitriles is 1. The number of fused-ring (bicyclic) bond motifs is 3. The molecule has 0 atom stereocenters. The zero-order chi connectivity index (χ0) is 26.1. The van der Waals surface area contributed by atoms with Crippen LogP contribution in [-0.2, 0) is 12.5 Å². The van der Waals surface area contributed by atoms with Crippen LogP contribution in [0.2, 0.25) is 0 Å². The van der Waals surface area contributed by atoms with E-state index in [0.29, 0.717) is 5.56 Å². The molecule has 0 aliphatic heterocycles.